The largest absolute Gasteiger partial charge is 0.481 e. The van der Waals surface area contributed by atoms with Gasteiger partial charge in [-0.2, -0.15) is 0 Å². The second-order valence-electron chi connectivity index (χ2n) is 4.56. The molecule has 0 aliphatic heterocycles. The molecule has 1 rings (SSSR count). The fraction of sp³-hybridized carbons (Fsp3) is 0.385. The van der Waals surface area contributed by atoms with E-state index < -0.39 is 16.8 Å². The van der Waals surface area contributed by atoms with E-state index >= 15 is 0 Å². The lowest BCUT2D eigenvalue weighted by Crippen LogP contribution is -2.36. The van der Waals surface area contributed by atoms with E-state index in [1.807, 2.05) is 0 Å². The van der Waals surface area contributed by atoms with Gasteiger partial charge in [-0.1, -0.05) is 0 Å². The van der Waals surface area contributed by atoms with Crippen molar-refractivity contribution < 1.29 is 19.6 Å². The molecule has 0 aliphatic carbocycles. The number of hydrogen-bond acceptors (Lipinski definition) is 5. The van der Waals surface area contributed by atoms with Crippen molar-refractivity contribution in [3.8, 4) is 0 Å². The molecule has 1 atom stereocenters. The quantitative estimate of drug-likeness (QED) is 0.578. The van der Waals surface area contributed by atoms with Crippen molar-refractivity contribution in [1.82, 2.24) is 0 Å². The van der Waals surface area contributed by atoms with Crippen molar-refractivity contribution in [1.29, 1.82) is 0 Å². The van der Waals surface area contributed by atoms with Gasteiger partial charge in [-0.15, -0.1) is 0 Å². The predicted octanol–water partition coefficient (Wildman–Crippen LogP) is 1.38. The molecule has 114 valence electrons. The van der Waals surface area contributed by atoms with Crippen molar-refractivity contribution in [2.24, 2.45) is 5.73 Å². The summed E-state index contributed by atoms with van der Waals surface area (Å²) in [5.41, 5.74) is 5.43. The minimum Gasteiger partial charge on any atom is -0.481 e. The number of carbonyl (C=O) groups excluding carboxylic acids is 1. The number of carboxylic acid groups (broad SMARTS) is 1. The van der Waals surface area contributed by atoms with E-state index in [0.717, 1.165) is 6.07 Å². The Kier molecular flexibility index (Phi) is 5.23. The third kappa shape index (κ3) is 3.91. The number of hydrogen-bond donors (Lipinski definition) is 2. The predicted molar refractivity (Wildman–Crippen MR) is 76.3 cm³/mol. The molecule has 21 heavy (non-hydrogen) atoms. The van der Waals surface area contributed by atoms with Crippen molar-refractivity contribution in [3.05, 3.63) is 33.9 Å². The Balaban J connectivity index is 3.28. The molecule has 8 heteroatoms. The molecular weight excluding hydrogens is 278 g/mol. The number of aliphatic carboxylic acids is 1. The monoisotopic (exact) mass is 295 g/mol. The Morgan fingerprint density at radius 1 is 1.48 bits per heavy atom. The maximum atomic E-state index is 11.5. The van der Waals surface area contributed by atoms with Gasteiger partial charge in [-0.05, 0) is 19.9 Å². The summed E-state index contributed by atoms with van der Waals surface area (Å²) < 4.78 is 0. The van der Waals surface area contributed by atoms with E-state index in [-0.39, 0.29) is 23.7 Å². The molecule has 0 spiro atoms. The second kappa shape index (κ2) is 6.69. The summed E-state index contributed by atoms with van der Waals surface area (Å²) in [5, 5.41) is 19.6. The van der Waals surface area contributed by atoms with Crippen LogP contribution in [0.3, 0.4) is 0 Å². The smallest absolute Gasteiger partial charge is 0.305 e. The second-order valence-corrected chi connectivity index (χ2v) is 4.56. The number of benzene rings is 1. The normalized spacial score (nSPS) is 11.7. The topological polar surface area (TPSA) is 127 Å². The van der Waals surface area contributed by atoms with Gasteiger partial charge in [-0.25, -0.2) is 0 Å². The summed E-state index contributed by atoms with van der Waals surface area (Å²) in [6.45, 7) is 3.93. The lowest BCUT2D eigenvalue weighted by Gasteiger charge is -2.30. The number of primary amides is 1. The van der Waals surface area contributed by atoms with Gasteiger partial charge in [0.05, 0.1) is 22.6 Å². The number of carbonyl (C=O) groups is 2. The van der Waals surface area contributed by atoms with Gasteiger partial charge in [0.2, 0.25) is 0 Å². The van der Waals surface area contributed by atoms with Crippen LogP contribution in [0.25, 0.3) is 0 Å². The standard InChI is InChI=1S/C13H17N3O5/c1-3-15(8(2)6-12(17)18)11-5-4-9(16(20)21)7-10(11)13(14)19/h4-5,7-8H,3,6H2,1-2H3,(H2,14,19)(H,17,18). The molecule has 1 aromatic rings. The lowest BCUT2D eigenvalue weighted by atomic mass is 10.1. The molecule has 0 fully saturated rings. The van der Waals surface area contributed by atoms with E-state index in [1.165, 1.54) is 12.1 Å². The molecule has 0 saturated heterocycles. The molecular formula is C13H17N3O5. The molecule has 0 aliphatic rings. The van der Waals surface area contributed by atoms with E-state index in [1.54, 1.807) is 18.7 Å². The first-order valence-corrected chi connectivity index (χ1v) is 6.34. The lowest BCUT2D eigenvalue weighted by molar-refractivity contribution is -0.384. The van der Waals surface area contributed by atoms with Gasteiger partial charge in [0.1, 0.15) is 0 Å². The molecule has 0 bridgehead atoms. The first kappa shape index (κ1) is 16.4. The highest BCUT2D eigenvalue weighted by Gasteiger charge is 2.22. The zero-order chi connectivity index (χ0) is 16.2. The van der Waals surface area contributed by atoms with Crippen LogP contribution in [0.15, 0.2) is 18.2 Å². The zero-order valence-corrected chi connectivity index (χ0v) is 11.8. The molecule has 0 aromatic heterocycles. The maximum Gasteiger partial charge on any atom is 0.305 e. The van der Waals surface area contributed by atoms with Crippen molar-refractivity contribution in [2.45, 2.75) is 26.3 Å². The number of nitro benzene ring substituents is 1. The van der Waals surface area contributed by atoms with Crippen molar-refractivity contribution in [2.75, 3.05) is 11.4 Å². The summed E-state index contributed by atoms with van der Waals surface area (Å²) in [6.07, 6.45) is -0.122. The van der Waals surface area contributed by atoms with Gasteiger partial charge >= 0.3 is 5.97 Å². The SMILES string of the molecule is CCN(c1ccc([N+](=O)[O-])cc1C(N)=O)C(C)CC(=O)O. The third-order valence-electron chi connectivity index (χ3n) is 3.11. The molecule has 0 radical (unpaired) electrons. The Morgan fingerprint density at radius 2 is 2.10 bits per heavy atom. The first-order chi connectivity index (χ1) is 9.77. The number of nitrogens with two attached hydrogens (primary N) is 1. The van der Waals surface area contributed by atoms with E-state index in [0.29, 0.717) is 12.2 Å². The summed E-state index contributed by atoms with van der Waals surface area (Å²) in [7, 11) is 0. The fourth-order valence-corrected chi connectivity index (χ4v) is 2.17. The van der Waals surface area contributed by atoms with Gasteiger partial charge in [0.25, 0.3) is 11.6 Å². The van der Waals surface area contributed by atoms with Crippen LogP contribution in [0.1, 0.15) is 30.6 Å². The third-order valence-corrected chi connectivity index (χ3v) is 3.11. The number of nitrogens with zero attached hydrogens (tertiary/aromatic N) is 2. The van der Waals surface area contributed by atoms with Gasteiger partial charge in [0, 0.05) is 24.7 Å². The Bertz CT molecular complexity index is 573. The Morgan fingerprint density at radius 3 is 2.52 bits per heavy atom. The average Bonchev–Trinajstić information content (AvgIpc) is 2.38. The van der Waals surface area contributed by atoms with E-state index in [2.05, 4.69) is 0 Å². The Hall–Kier alpha value is -2.64. The molecule has 0 heterocycles. The number of nitro groups is 1. The number of amides is 1. The van der Waals surface area contributed by atoms with Gasteiger partial charge in [0.15, 0.2) is 0 Å². The highest BCUT2D eigenvalue weighted by atomic mass is 16.6. The van der Waals surface area contributed by atoms with E-state index in [9.17, 15) is 19.7 Å². The summed E-state index contributed by atoms with van der Waals surface area (Å²) in [6, 6.07) is 3.40. The van der Waals surface area contributed by atoms with Crippen molar-refractivity contribution >= 4 is 23.3 Å². The molecule has 0 saturated carbocycles. The molecule has 1 unspecified atom stereocenters. The average molecular weight is 295 g/mol. The first-order valence-electron chi connectivity index (χ1n) is 6.34. The van der Waals surface area contributed by atoms with Crippen LogP contribution in [-0.4, -0.2) is 34.5 Å². The van der Waals surface area contributed by atoms with Crippen LogP contribution < -0.4 is 10.6 Å². The number of anilines is 1. The summed E-state index contributed by atoms with van der Waals surface area (Å²) in [4.78, 5) is 34.2. The summed E-state index contributed by atoms with van der Waals surface area (Å²) in [5.74, 6) is -1.77. The molecule has 1 amide bonds. The highest BCUT2D eigenvalue weighted by Crippen LogP contribution is 2.27. The van der Waals surface area contributed by atoms with Crippen LogP contribution in [0.5, 0.6) is 0 Å². The number of non-ortho nitro benzene ring substituents is 1. The zero-order valence-electron chi connectivity index (χ0n) is 11.8. The van der Waals surface area contributed by atoms with Crippen LogP contribution in [0, 0.1) is 10.1 Å². The minimum absolute atomic E-state index is 0.00305. The maximum absolute atomic E-state index is 11.5. The summed E-state index contributed by atoms with van der Waals surface area (Å²) >= 11 is 0. The van der Waals surface area contributed by atoms with E-state index in [4.69, 9.17) is 10.8 Å². The minimum atomic E-state index is -0.969. The fourth-order valence-electron chi connectivity index (χ4n) is 2.17. The molecule has 1 aromatic carbocycles. The van der Waals surface area contributed by atoms with Crippen LogP contribution >= 0.6 is 0 Å². The van der Waals surface area contributed by atoms with Crippen LogP contribution in [-0.2, 0) is 4.79 Å². The molecule has 3 N–H and O–H groups in total. The number of rotatable bonds is 7. The Labute approximate surface area is 121 Å². The molecule has 8 nitrogen and oxygen atoms in total. The van der Waals surface area contributed by atoms with Gasteiger partial charge < -0.3 is 15.7 Å². The van der Waals surface area contributed by atoms with Crippen LogP contribution in [0.4, 0.5) is 11.4 Å². The van der Waals surface area contributed by atoms with Crippen molar-refractivity contribution in [3.63, 3.8) is 0 Å². The van der Waals surface area contributed by atoms with Gasteiger partial charge in [-0.3, -0.25) is 19.7 Å². The number of carboxylic acids is 1. The van der Waals surface area contributed by atoms with Crippen LogP contribution in [0.2, 0.25) is 0 Å². The highest BCUT2D eigenvalue weighted by molar-refractivity contribution is 5.99.